The second-order valence-electron chi connectivity index (χ2n) is 4.14. The molecule has 12 heavy (non-hydrogen) atoms. The van der Waals surface area contributed by atoms with Gasteiger partial charge in [0.2, 0.25) is 0 Å². The largest absolute Gasteiger partial charge is 0.396 e. The van der Waals surface area contributed by atoms with E-state index in [0.717, 1.165) is 6.54 Å². The summed E-state index contributed by atoms with van der Waals surface area (Å²) in [6.45, 7) is 4.09. The zero-order valence-electron chi connectivity index (χ0n) is 7.46. The summed E-state index contributed by atoms with van der Waals surface area (Å²) in [5, 5.41) is 9.27. The molecular formula is C9H18ClNO. The van der Waals surface area contributed by atoms with Crippen LogP contribution in [0.15, 0.2) is 0 Å². The summed E-state index contributed by atoms with van der Waals surface area (Å²) in [5.41, 5.74) is 0.302. The van der Waals surface area contributed by atoms with Crippen LogP contribution in [0, 0.1) is 5.41 Å². The fourth-order valence-electron chi connectivity index (χ4n) is 2.59. The first-order valence-corrected chi connectivity index (χ1v) is 4.68. The van der Waals surface area contributed by atoms with Gasteiger partial charge in [0.05, 0.1) is 0 Å². The van der Waals surface area contributed by atoms with E-state index in [1.165, 1.54) is 38.8 Å². The Labute approximate surface area is 80.4 Å². The van der Waals surface area contributed by atoms with Crippen LogP contribution >= 0.6 is 12.4 Å². The van der Waals surface area contributed by atoms with Crippen molar-refractivity contribution in [2.24, 2.45) is 5.41 Å². The molecule has 0 spiro atoms. The summed E-state index contributed by atoms with van der Waals surface area (Å²) in [6, 6.07) is 0. The molecule has 0 amide bonds. The van der Waals surface area contributed by atoms with Crippen molar-refractivity contribution in [3.8, 4) is 0 Å². The lowest BCUT2D eigenvalue weighted by Gasteiger charge is -2.46. The predicted octanol–water partition coefficient (Wildman–Crippen LogP) is 1.28. The molecule has 0 aliphatic carbocycles. The van der Waals surface area contributed by atoms with E-state index in [1.54, 1.807) is 0 Å². The van der Waals surface area contributed by atoms with E-state index in [2.05, 4.69) is 4.90 Å². The van der Waals surface area contributed by atoms with Crippen LogP contribution < -0.4 is 0 Å². The quantitative estimate of drug-likeness (QED) is 0.675. The Kier molecular flexibility index (Phi) is 3.38. The van der Waals surface area contributed by atoms with Crippen LogP contribution in [0.2, 0.25) is 0 Å². The fourth-order valence-corrected chi connectivity index (χ4v) is 2.59. The summed E-state index contributed by atoms with van der Waals surface area (Å²) in [5.74, 6) is 0. The minimum absolute atomic E-state index is 0. The zero-order valence-corrected chi connectivity index (χ0v) is 8.28. The number of rotatable bonds is 1. The Hall–Kier alpha value is 0.210. The summed E-state index contributed by atoms with van der Waals surface area (Å²) in [7, 11) is 0. The first kappa shape index (κ1) is 10.3. The standard InChI is InChI=1S/C9H17NO.ClH/c11-8-9-3-1-5-10(7-9)6-2-4-9;/h11H,1-8H2;1H. The third-order valence-corrected chi connectivity index (χ3v) is 3.26. The maximum atomic E-state index is 9.27. The van der Waals surface area contributed by atoms with E-state index in [9.17, 15) is 5.11 Å². The molecule has 0 saturated carbocycles. The zero-order chi connectivity index (χ0) is 7.73. The van der Waals surface area contributed by atoms with Crippen LogP contribution in [0.5, 0.6) is 0 Å². The molecule has 0 aromatic carbocycles. The van der Waals surface area contributed by atoms with Crippen molar-refractivity contribution in [3.63, 3.8) is 0 Å². The van der Waals surface area contributed by atoms with E-state index in [1.807, 2.05) is 0 Å². The fraction of sp³-hybridized carbons (Fsp3) is 1.00. The molecule has 2 rings (SSSR count). The van der Waals surface area contributed by atoms with Crippen molar-refractivity contribution in [3.05, 3.63) is 0 Å². The average Bonchev–Trinajstić information content (AvgIpc) is 2.05. The Morgan fingerprint density at radius 1 is 1.17 bits per heavy atom. The van der Waals surface area contributed by atoms with Crippen LogP contribution in [-0.4, -0.2) is 36.2 Å². The van der Waals surface area contributed by atoms with Gasteiger partial charge in [-0.3, -0.25) is 0 Å². The first-order valence-electron chi connectivity index (χ1n) is 4.68. The number of aliphatic hydroxyl groups is 1. The Balaban J connectivity index is 0.000000720. The molecule has 2 fully saturated rings. The van der Waals surface area contributed by atoms with E-state index in [-0.39, 0.29) is 12.4 Å². The van der Waals surface area contributed by atoms with E-state index in [0.29, 0.717) is 12.0 Å². The molecule has 2 bridgehead atoms. The second kappa shape index (κ2) is 3.95. The summed E-state index contributed by atoms with van der Waals surface area (Å²) >= 11 is 0. The number of halogens is 1. The summed E-state index contributed by atoms with van der Waals surface area (Å²) in [4.78, 5) is 2.50. The van der Waals surface area contributed by atoms with Gasteiger partial charge >= 0.3 is 0 Å². The number of aliphatic hydroxyl groups excluding tert-OH is 1. The first-order chi connectivity index (χ1) is 5.35. The lowest BCUT2D eigenvalue weighted by molar-refractivity contribution is -0.00573. The molecule has 72 valence electrons. The normalized spacial score (nSPS) is 40.2. The Morgan fingerprint density at radius 2 is 1.75 bits per heavy atom. The maximum absolute atomic E-state index is 9.27. The van der Waals surface area contributed by atoms with Crippen molar-refractivity contribution in [2.45, 2.75) is 25.7 Å². The van der Waals surface area contributed by atoms with Crippen molar-refractivity contribution in [2.75, 3.05) is 26.2 Å². The van der Waals surface area contributed by atoms with Gasteiger partial charge < -0.3 is 10.0 Å². The van der Waals surface area contributed by atoms with Gasteiger partial charge in [-0.05, 0) is 38.8 Å². The lowest BCUT2D eigenvalue weighted by Crippen LogP contribution is -2.49. The average molecular weight is 192 g/mol. The number of hydrogen-bond acceptors (Lipinski definition) is 2. The molecule has 0 aromatic rings. The van der Waals surface area contributed by atoms with Crippen LogP contribution in [0.3, 0.4) is 0 Å². The molecule has 2 saturated heterocycles. The molecule has 0 aromatic heterocycles. The molecular weight excluding hydrogens is 174 g/mol. The summed E-state index contributed by atoms with van der Waals surface area (Å²) in [6.07, 6.45) is 5.08. The number of fused-ring (bicyclic) bond motifs is 2. The highest BCUT2D eigenvalue weighted by atomic mass is 35.5. The van der Waals surface area contributed by atoms with Gasteiger partial charge in [-0.15, -0.1) is 12.4 Å². The molecule has 0 radical (unpaired) electrons. The topological polar surface area (TPSA) is 23.5 Å². The highest BCUT2D eigenvalue weighted by molar-refractivity contribution is 5.85. The number of hydrogen-bond donors (Lipinski definition) is 1. The third-order valence-electron chi connectivity index (χ3n) is 3.26. The molecule has 2 aliphatic heterocycles. The Morgan fingerprint density at radius 3 is 2.17 bits per heavy atom. The SMILES string of the molecule is Cl.OCC12CCCN(CCC1)C2. The van der Waals surface area contributed by atoms with Gasteiger partial charge in [-0.25, -0.2) is 0 Å². The van der Waals surface area contributed by atoms with Crippen molar-refractivity contribution in [1.82, 2.24) is 4.90 Å². The molecule has 0 atom stereocenters. The minimum atomic E-state index is 0. The van der Waals surface area contributed by atoms with Crippen LogP contribution in [0.1, 0.15) is 25.7 Å². The van der Waals surface area contributed by atoms with Crippen LogP contribution in [0.25, 0.3) is 0 Å². The van der Waals surface area contributed by atoms with Gasteiger partial charge in [0.1, 0.15) is 0 Å². The molecule has 0 unspecified atom stereocenters. The Bertz CT molecular complexity index is 141. The molecule has 2 nitrogen and oxygen atoms in total. The predicted molar refractivity (Wildman–Crippen MR) is 51.7 cm³/mol. The molecule has 3 heteroatoms. The maximum Gasteiger partial charge on any atom is 0.0499 e. The number of piperidine rings is 2. The van der Waals surface area contributed by atoms with Gasteiger partial charge in [-0.2, -0.15) is 0 Å². The third kappa shape index (κ3) is 1.76. The van der Waals surface area contributed by atoms with Crippen molar-refractivity contribution < 1.29 is 5.11 Å². The van der Waals surface area contributed by atoms with Gasteiger partial charge in [0.15, 0.2) is 0 Å². The van der Waals surface area contributed by atoms with E-state index >= 15 is 0 Å². The van der Waals surface area contributed by atoms with Crippen LogP contribution in [-0.2, 0) is 0 Å². The van der Waals surface area contributed by atoms with Crippen molar-refractivity contribution >= 4 is 12.4 Å². The molecule has 1 N–H and O–H groups in total. The second-order valence-corrected chi connectivity index (χ2v) is 4.14. The molecule has 2 heterocycles. The smallest absolute Gasteiger partial charge is 0.0499 e. The van der Waals surface area contributed by atoms with Gasteiger partial charge in [0, 0.05) is 18.6 Å². The monoisotopic (exact) mass is 191 g/mol. The molecule has 2 aliphatic rings. The lowest BCUT2D eigenvalue weighted by atomic mass is 9.74. The van der Waals surface area contributed by atoms with Gasteiger partial charge in [-0.1, -0.05) is 0 Å². The minimum Gasteiger partial charge on any atom is -0.396 e. The van der Waals surface area contributed by atoms with E-state index in [4.69, 9.17) is 0 Å². The summed E-state index contributed by atoms with van der Waals surface area (Å²) < 4.78 is 0. The van der Waals surface area contributed by atoms with Crippen LogP contribution in [0.4, 0.5) is 0 Å². The van der Waals surface area contributed by atoms with Gasteiger partial charge in [0.25, 0.3) is 0 Å². The number of nitrogens with zero attached hydrogens (tertiary/aromatic N) is 1. The highest BCUT2D eigenvalue weighted by Crippen LogP contribution is 2.37. The van der Waals surface area contributed by atoms with Crippen molar-refractivity contribution in [1.29, 1.82) is 0 Å². The van der Waals surface area contributed by atoms with E-state index < -0.39 is 0 Å². The highest BCUT2D eigenvalue weighted by Gasteiger charge is 2.37.